The summed E-state index contributed by atoms with van der Waals surface area (Å²) in [5.74, 6) is -0.738. The van der Waals surface area contributed by atoms with Gasteiger partial charge in [-0.05, 0) is 30.5 Å². The van der Waals surface area contributed by atoms with Gasteiger partial charge in [-0.2, -0.15) is 0 Å². The average Bonchev–Trinajstić information content (AvgIpc) is 2.64. The number of carbonyl (C=O) groups is 1. The molecule has 0 aliphatic carbocycles. The number of aliphatic carboxylic acids is 1. The number of nitrogens with zero attached hydrogens (tertiary/aromatic N) is 1. The largest absolute Gasteiger partial charge is 0.481 e. The third-order valence-electron chi connectivity index (χ3n) is 2.34. The second-order valence-corrected chi connectivity index (χ2v) is 3.50. The van der Waals surface area contributed by atoms with Gasteiger partial charge in [-0.25, -0.2) is 4.98 Å². The van der Waals surface area contributed by atoms with E-state index in [1.54, 1.807) is 6.33 Å². The Morgan fingerprint density at radius 2 is 2.33 bits per heavy atom. The lowest BCUT2D eigenvalue weighted by molar-refractivity contribution is -0.137. The molecule has 4 nitrogen and oxygen atoms in total. The van der Waals surface area contributed by atoms with Gasteiger partial charge in [0, 0.05) is 6.42 Å². The fourth-order valence-corrected chi connectivity index (χ4v) is 1.58. The molecule has 0 spiro atoms. The smallest absolute Gasteiger partial charge is 0.303 e. The van der Waals surface area contributed by atoms with Crippen molar-refractivity contribution in [2.24, 2.45) is 0 Å². The van der Waals surface area contributed by atoms with E-state index in [4.69, 9.17) is 5.11 Å². The average molecular weight is 204 g/mol. The van der Waals surface area contributed by atoms with E-state index >= 15 is 0 Å². The summed E-state index contributed by atoms with van der Waals surface area (Å²) in [4.78, 5) is 17.5. The molecule has 0 fully saturated rings. The van der Waals surface area contributed by atoms with Crippen molar-refractivity contribution in [1.82, 2.24) is 9.97 Å². The first kappa shape index (κ1) is 9.71. The monoisotopic (exact) mass is 204 g/mol. The highest BCUT2D eigenvalue weighted by Gasteiger charge is 2.00. The molecule has 1 aromatic heterocycles. The van der Waals surface area contributed by atoms with Crippen molar-refractivity contribution < 1.29 is 9.90 Å². The van der Waals surface area contributed by atoms with Gasteiger partial charge < -0.3 is 10.1 Å². The van der Waals surface area contributed by atoms with Crippen LogP contribution in [0.1, 0.15) is 18.4 Å². The van der Waals surface area contributed by atoms with E-state index in [9.17, 15) is 4.79 Å². The topological polar surface area (TPSA) is 66.0 Å². The van der Waals surface area contributed by atoms with Gasteiger partial charge in [0.25, 0.3) is 0 Å². The van der Waals surface area contributed by atoms with Crippen molar-refractivity contribution in [2.75, 3.05) is 0 Å². The second kappa shape index (κ2) is 4.13. The number of carboxylic acids is 1. The number of carboxylic acid groups (broad SMARTS) is 1. The van der Waals surface area contributed by atoms with Gasteiger partial charge in [0.2, 0.25) is 0 Å². The number of aromatic amines is 1. The predicted molar refractivity (Wildman–Crippen MR) is 56.7 cm³/mol. The normalized spacial score (nSPS) is 10.7. The van der Waals surface area contributed by atoms with Crippen molar-refractivity contribution >= 4 is 17.0 Å². The molecule has 0 aliphatic heterocycles. The molecule has 0 bridgehead atoms. The van der Waals surface area contributed by atoms with Crippen LogP contribution in [0.3, 0.4) is 0 Å². The van der Waals surface area contributed by atoms with Crippen LogP contribution in [0.25, 0.3) is 11.0 Å². The lowest BCUT2D eigenvalue weighted by atomic mass is 10.1. The number of hydrogen-bond donors (Lipinski definition) is 2. The Morgan fingerprint density at radius 1 is 1.47 bits per heavy atom. The number of fused-ring (bicyclic) bond motifs is 1. The molecule has 0 saturated heterocycles. The van der Waals surface area contributed by atoms with Gasteiger partial charge >= 0.3 is 5.97 Å². The molecule has 0 unspecified atom stereocenters. The van der Waals surface area contributed by atoms with Crippen LogP contribution < -0.4 is 0 Å². The van der Waals surface area contributed by atoms with Gasteiger partial charge in [-0.1, -0.05) is 6.07 Å². The van der Waals surface area contributed by atoms with Crippen molar-refractivity contribution in [3.05, 3.63) is 30.1 Å². The van der Waals surface area contributed by atoms with E-state index in [1.165, 1.54) is 0 Å². The third kappa shape index (κ3) is 2.34. The molecule has 2 rings (SSSR count). The highest BCUT2D eigenvalue weighted by atomic mass is 16.4. The highest BCUT2D eigenvalue weighted by Crippen LogP contribution is 2.13. The second-order valence-electron chi connectivity index (χ2n) is 3.50. The highest BCUT2D eigenvalue weighted by molar-refractivity contribution is 5.75. The fourth-order valence-electron chi connectivity index (χ4n) is 1.58. The van der Waals surface area contributed by atoms with E-state index in [1.807, 2.05) is 18.2 Å². The fraction of sp³-hybridized carbons (Fsp3) is 0.273. The molecule has 1 heterocycles. The third-order valence-corrected chi connectivity index (χ3v) is 2.34. The first-order valence-electron chi connectivity index (χ1n) is 4.89. The van der Waals surface area contributed by atoms with Crippen LogP contribution in [0.2, 0.25) is 0 Å². The number of H-pyrrole nitrogens is 1. The summed E-state index contributed by atoms with van der Waals surface area (Å²) < 4.78 is 0. The SMILES string of the molecule is O=C(O)CCCc1ccc2nc[nH]c2c1. The summed E-state index contributed by atoms with van der Waals surface area (Å²) in [5.41, 5.74) is 3.09. The van der Waals surface area contributed by atoms with Crippen LogP contribution in [-0.2, 0) is 11.2 Å². The molecule has 0 saturated carbocycles. The van der Waals surface area contributed by atoms with Crippen molar-refractivity contribution in [1.29, 1.82) is 0 Å². The van der Waals surface area contributed by atoms with Crippen LogP contribution in [-0.4, -0.2) is 21.0 Å². The maximum atomic E-state index is 10.3. The van der Waals surface area contributed by atoms with Crippen LogP contribution in [0, 0.1) is 0 Å². The zero-order valence-electron chi connectivity index (χ0n) is 8.23. The van der Waals surface area contributed by atoms with Crippen LogP contribution in [0.4, 0.5) is 0 Å². The minimum absolute atomic E-state index is 0.223. The number of imidazole rings is 1. The molecule has 0 amide bonds. The van der Waals surface area contributed by atoms with E-state index in [0.29, 0.717) is 6.42 Å². The standard InChI is InChI=1S/C11H12N2O2/c14-11(15)3-1-2-8-4-5-9-10(6-8)13-7-12-9/h4-7H,1-3H2,(H,12,13)(H,14,15). The van der Waals surface area contributed by atoms with Gasteiger partial charge in [0.15, 0.2) is 0 Å². The summed E-state index contributed by atoms with van der Waals surface area (Å²) in [6.07, 6.45) is 3.35. The lowest BCUT2D eigenvalue weighted by Gasteiger charge is -1.99. The molecule has 78 valence electrons. The molecule has 0 radical (unpaired) electrons. The molecular formula is C11H12N2O2. The van der Waals surface area contributed by atoms with E-state index in [2.05, 4.69) is 9.97 Å². The molecule has 4 heteroatoms. The Kier molecular flexibility index (Phi) is 2.67. The molecule has 0 aliphatic rings. The number of aryl methyl sites for hydroxylation is 1. The molecule has 0 atom stereocenters. The van der Waals surface area contributed by atoms with Crippen LogP contribution in [0.15, 0.2) is 24.5 Å². The molecule has 15 heavy (non-hydrogen) atoms. The summed E-state index contributed by atoms with van der Waals surface area (Å²) in [6.45, 7) is 0. The molecule has 1 aromatic carbocycles. The first-order chi connectivity index (χ1) is 7.25. The quantitative estimate of drug-likeness (QED) is 0.800. The predicted octanol–water partition coefficient (Wildman–Crippen LogP) is 1.97. The first-order valence-corrected chi connectivity index (χ1v) is 4.89. The number of rotatable bonds is 4. The number of aromatic nitrogens is 2. The van der Waals surface area contributed by atoms with Gasteiger partial charge in [-0.3, -0.25) is 4.79 Å². The summed E-state index contributed by atoms with van der Waals surface area (Å²) >= 11 is 0. The Balaban J connectivity index is 2.04. The van der Waals surface area contributed by atoms with E-state index in [-0.39, 0.29) is 6.42 Å². The van der Waals surface area contributed by atoms with Crippen molar-refractivity contribution in [3.8, 4) is 0 Å². The summed E-state index contributed by atoms with van der Waals surface area (Å²) in [7, 11) is 0. The number of hydrogen-bond acceptors (Lipinski definition) is 2. The molecular weight excluding hydrogens is 192 g/mol. The van der Waals surface area contributed by atoms with Crippen molar-refractivity contribution in [2.45, 2.75) is 19.3 Å². The van der Waals surface area contributed by atoms with E-state index in [0.717, 1.165) is 23.0 Å². The van der Waals surface area contributed by atoms with Gasteiger partial charge in [0.05, 0.1) is 17.4 Å². The van der Waals surface area contributed by atoms with E-state index < -0.39 is 5.97 Å². The minimum Gasteiger partial charge on any atom is -0.481 e. The zero-order valence-corrected chi connectivity index (χ0v) is 8.23. The lowest BCUT2D eigenvalue weighted by Crippen LogP contribution is -1.95. The Labute approximate surface area is 87.0 Å². The summed E-state index contributed by atoms with van der Waals surface area (Å²) in [6, 6.07) is 5.96. The minimum atomic E-state index is -0.738. The van der Waals surface area contributed by atoms with Crippen LogP contribution in [0.5, 0.6) is 0 Å². The zero-order chi connectivity index (χ0) is 10.7. The van der Waals surface area contributed by atoms with Gasteiger partial charge in [0.1, 0.15) is 0 Å². The van der Waals surface area contributed by atoms with Crippen LogP contribution >= 0.6 is 0 Å². The van der Waals surface area contributed by atoms with Gasteiger partial charge in [-0.15, -0.1) is 0 Å². The maximum absolute atomic E-state index is 10.3. The summed E-state index contributed by atoms with van der Waals surface area (Å²) in [5, 5.41) is 8.51. The maximum Gasteiger partial charge on any atom is 0.303 e. The molecule has 2 N–H and O–H groups in total. The Morgan fingerprint density at radius 3 is 3.13 bits per heavy atom. The Hall–Kier alpha value is -1.84. The Bertz CT molecular complexity index is 476. The number of nitrogens with one attached hydrogen (secondary N) is 1. The number of benzene rings is 1. The molecule has 2 aromatic rings. The van der Waals surface area contributed by atoms with Crippen molar-refractivity contribution in [3.63, 3.8) is 0 Å².